The molecule has 0 aliphatic heterocycles. The highest BCUT2D eigenvalue weighted by Gasteiger charge is 2.18. The van der Waals surface area contributed by atoms with E-state index in [9.17, 15) is 4.79 Å². The van der Waals surface area contributed by atoms with Crippen LogP contribution in [0.4, 0.5) is 0 Å². The van der Waals surface area contributed by atoms with Crippen LogP contribution in [0.2, 0.25) is 10.0 Å². The van der Waals surface area contributed by atoms with Crippen molar-refractivity contribution in [1.29, 1.82) is 0 Å². The fourth-order valence-electron chi connectivity index (χ4n) is 1.20. The molecule has 0 radical (unpaired) electrons. The highest BCUT2D eigenvalue weighted by molar-refractivity contribution is 8.00. The van der Waals surface area contributed by atoms with E-state index in [-0.39, 0.29) is 24.1 Å². The van der Waals surface area contributed by atoms with Crippen molar-refractivity contribution < 1.29 is 4.79 Å². The largest absolute Gasteiger partial charge is 0.349 e. The zero-order valence-electron chi connectivity index (χ0n) is 10.7. The molecule has 7 heteroatoms. The second kappa shape index (κ2) is 8.22. The molecule has 0 atom stereocenters. The number of benzene rings is 1. The second-order valence-corrected chi connectivity index (χ2v) is 6.36. The number of nitrogens with two attached hydrogens (primary N) is 1. The molecule has 0 aliphatic rings. The van der Waals surface area contributed by atoms with Crippen LogP contribution in [0, 0.1) is 0 Å². The minimum atomic E-state index is -0.393. The molecule has 3 nitrogen and oxygen atoms in total. The van der Waals surface area contributed by atoms with Gasteiger partial charge in [-0.3, -0.25) is 4.79 Å². The molecule has 0 saturated heterocycles. The average Bonchev–Trinajstić information content (AvgIpc) is 2.30. The lowest BCUT2D eigenvalue weighted by atomic mass is 10.1. The van der Waals surface area contributed by atoms with Crippen LogP contribution in [-0.2, 0) is 4.79 Å². The third kappa shape index (κ3) is 6.72. The van der Waals surface area contributed by atoms with Gasteiger partial charge in [0.15, 0.2) is 0 Å². The number of amides is 1. The van der Waals surface area contributed by atoms with Gasteiger partial charge in [-0.1, -0.05) is 23.2 Å². The van der Waals surface area contributed by atoms with E-state index >= 15 is 0 Å². The maximum atomic E-state index is 11.7. The van der Waals surface area contributed by atoms with Gasteiger partial charge in [0.1, 0.15) is 0 Å². The summed E-state index contributed by atoms with van der Waals surface area (Å²) in [5.41, 5.74) is 5.15. The molecule has 0 heterocycles. The second-order valence-electron chi connectivity index (χ2n) is 4.50. The molecule has 108 valence electrons. The quantitative estimate of drug-likeness (QED) is 0.806. The molecular weight excluding hydrogens is 327 g/mol. The molecule has 0 bridgehead atoms. The van der Waals surface area contributed by atoms with Gasteiger partial charge >= 0.3 is 0 Å². The van der Waals surface area contributed by atoms with Crippen molar-refractivity contribution in [2.24, 2.45) is 5.73 Å². The molecular formula is C12H17Cl3N2OS. The van der Waals surface area contributed by atoms with Gasteiger partial charge in [0.2, 0.25) is 5.91 Å². The lowest BCUT2D eigenvalue weighted by Crippen LogP contribution is -2.49. The molecule has 0 spiro atoms. The number of hydrogen-bond donors (Lipinski definition) is 2. The van der Waals surface area contributed by atoms with E-state index in [0.29, 0.717) is 16.6 Å². The van der Waals surface area contributed by atoms with Crippen LogP contribution >= 0.6 is 47.4 Å². The van der Waals surface area contributed by atoms with Gasteiger partial charge in [-0.05, 0) is 32.0 Å². The van der Waals surface area contributed by atoms with Crippen LogP contribution in [0.25, 0.3) is 0 Å². The van der Waals surface area contributed by atoms with Gasteiger partial charge < -0.3 is 11.1 Å². The smallest absolute Gasteiger partial charge is 0.230 e. The molecule has 19 heavy (non-hydrogen) atoms. The summed E-state index contributed by atoms with van der Waals surface area (Å²) in [4.78, 5) is 12.5. The Kier molecular flexibility index (Phi) is 8.17. The van der Waals surface area contributed by atoms with Gasteiger partial charge in [0, 0.05) is 22.0 Å². The fourth-order valence-corrected chi connectivity index (χ4v) is 2.49. The standard InChI is InChI=1S/C12H16Cl2N2OS.ClH/c1-12(2,7-15)16-11(17)6-18-10-5-8(13)3-4-9(10)14;/h3-5H,6-7,15H2,1-2H3,(H,16,17);1H. The monoisotopic (exact) mass is 342 g/mol. The maximum Gasteiger partial charge on any atom is 0.230 e. The molecule has 0 unspecified atom stereocenters. The van der Waals surface area contributed by atoms with E-state index in [2.05, 4.69) is 5.32 Å². The van der Waals surface area contributed by atoms with Crippen LogP contribution in [0.5, 0.6) is 0 Å². The van der Waals surface area contributed by atoms with Crippen molar-refractivity contribution >= 4 is 53.3 Å². The van der Waals surface area contributed by atoms with E-state index < -0.39 is 5.54 Å². The summed E-state index contributed by atoms with van der Waals surface area (Å²) in [6.07, 6.45) is 0. The van der Waals surface area contributed by atoms with Gasteiger partial charge in [-0.15, -0.1) is 24.2 Å². The number of hydrogen-bond acceptors (Lipinski definition) is 3. The predicted octanol–water partition coefficient (Wildman–Crippen LogP) is 3.36. The number of rotatable bonds is 5. The van der Waals surface area contributed by atoms with E-state index in [1.54, 1.807) is 18.2 Å². The Hall–Kier alpha value is -0.130. The fraction of sp³-hybridized carbons (Fsp3) is 0.417. The Morgan fingerprint density at radius 2 is 2.05 bits per heavy atom. The first-order valence-corrected chi connectivity index (χ1v) is 7.17. The van der Waals surface area contributed by atoms with Crippen molar-refractivity contribution in [3.8, 4) is 0 Å². The number of carbonyl (C=O) groups is 1. The third-order valence-electron chi connectivity index (χ3n) is 2.24. The summed E-state index contributed by atoms with van der Waals surface area (Å²) in [6.45, 7) is 4.14. The zero-order valence-corrected chi connectivity index (χ0v) is 13.8. The average molecular weight is 344 g/mol. The third-order valence-corrected chi connectivity index (χ3v) is 3.97. The molecule has 1 aromatic rings. The van der Waals surface area contributed by atoms with Gasteiger partial charge in [0.25, 0.3) is 0 Å². The van der Waals surface area contributed by atoms with Crippen molar-refractivity contribution in [2.45, 2.75) is 24.3 Å². The van der Waals surface area contributed by atoms with Crippen molar-refractivity contribution in [3.63, 3.8) is 0 Å². The van der Waals surface area contributed by atoms with Crippen LogP contribution in [0.3, 0.4) is 0 Å². The first-order valence-electron chi connectivity index (χ1n) is 5.43. The Morgan fingerprint density at radius 1 is 1.42 bits per heavy atom. The van der Waals surface area contributed by atoms with Crippen molar-refractivity contribution in [1.82, 2.24) is 5.32 Å². The molecule has 1 aromatic carbocycles. The minimum absolute atomic E-state index is 0. The van der Waals surface area contributed by atoms with Crippen LogP contribution in [-0.4, -0.2) is 23.7 Å². The summed E-state index contributed by atoms with van der Waals surface area (Å²) in [5, 5.41) is 4.04. The highest BCUT2D eigenvalue weighted by atomic mass is 35.5. The first kappa shape index (κ1) is 18.9. The SMILES string of the molecule is CC(C)(CN)NC(=O)CSc1cc(Cl)ccc1Cl.Cl. The Labute approximate surface area is 134 Å². The van der Waals surface area contributed by atoms with E-state index in [1.165, 1.54) is 11.8 Å². The van der Waals surface area contributed by atoms with Gasteiger partial charge in [-0.2, -0.15) is 0 Å². The Morgan fingerprint density at radius 3 is 2.63 bits per heavy atom. The van der Waals surface area contributed by atoms with E-state index in [0.717, 1.165) is 4.90 Å². The normalized spacial score (nSPS) is 10.8. The summed E-state index contributed by atoms with van der Waals surface area (Å²) in [6, 6.07) is 5.18. The number of thioether (sulfide) groups is 1. The Bertz CT molecular complexity index is 441. The van der Waals surface area contributed by atoms with Crippen molar-refractivity contribution in [2.75, 3.05) is 12.3 Å². The molecule has 1 rings (SSSR count). The summed E-state index contributed by atoms with van der Waals surface area (Å²) < 4.78 is 0. The predicted molar refractivity (Wildman–Crippen MR) is 85.7 cm³/mol. The summed E-state index contributed by atoms with van der Waals surface area (Å²) in [5.74, 6) is 0.204. The highest BCUT2D eigenvalue weighted by Crippen LogP contribution is 2.29. The van der Waals surface area contributed by atoms with Crippen LogP contribution < -0.4 is 11.1 Å². The summed E-state index contributed by atoms with van der Waals surface area (Å²) in [7, 11) is 0. The van der Waals surface area contributed by atoms with E-state index in [4.69, 9.17) is 28.9 Å². The van der Waals surface area contributed by atoms with Gasteiger partial charge in [0.05, 0.1) is 10.8 Å². The zero-order chi connectivity index (χ0) is 13.8. The molecule has 0 fully saturated rings. The molecule has 3 N–H and O–H groups in total. The van der Waals surface area contributed by atoms with Gasteiger partial charge in [-0.25, -0.2) is 0 Å². The Balaban J connectivity index is 0.00000324. The summed E-state index contributed by atoms with van der Waals surface area (Å²) >= 11 is 13.2. The van der Waals surface area contributed by atoms with E-state index in [1.807, 2.05) is 13.8 Å². The maximum absolute atomic E-state index is 11.7. The number of nitrogens with one attached hydrogen (secondary N) is 1. The molecule has 0 aliphatic carbocycles. The first-order chi connectivity index (χ1) is 8.34. The number of carbonyl (C=O) groups excluding carboxylic acids is 1. The lowest BCUT2D eigenvalue weighted by molar-refractivity contribution is -0.120. The van der Waals surface area contributed by atoms with Crippen LogP contribution in [0.1, 0.15) is 13.8 Å². The lowest BCUT2D eigenvalue weighted by Gasteiger charge is -2.24. The van der Waals surface area contributed by atoms with Crippen LogP contribution in [0.15, 0.2) is 23.1 Å². The molecule has 0 aromatic heterocycles. The van der Waals surface area contributed by atoms with Crippen molar-refractivity contribution in [3.05, 3.63) is 28.2 Å². The minimum Gasteiger partial charge on any atom is -0.349 e. The molecule has 1 amide bonds. The number of halogens is 3. The molecule has 0 saturated carbocycles. The topological polar surface area (TPSA) is 55.1 Å².